The van der Waals surface area contributed by atoms with Crippen LogP contribution in [0.25, 0.3) is 0 Å². The summed E-state index contributed by atoms with van der Waals surface area (Å²) in [6.45, 7) is 4.00. The van der Waals surface area contributed by atoms with Gasteiger partial charge in [-0.1, -0.05) is 0 Å². The Labute approximate surface area is 51.1 Å². The van der Waals surface area contributed by atoms with Gasteiger partial charge in [0, 0.05) is 19.5 Å². The van der Waals surface area contributed by atoms with Crippen LogP contribution in [0, 0.1) is 6.42 Å². The minimum Gasteiger partial charge on any atom is -0.335 e. The Morgan fingerprint density at radius 3 is 1.20 bits per heavy atom. The van der Waals surface area contributed by atoms with E-state index in [0.717, 1.165) is 0 Å². The smallest absolute Gasteiger partial charge is 0 e. The van der Waals surface area contributed by atoms with Crippen molar-refractivity contribution in [2.45, 2.75) is 13.8 Å². The maximum absolute atomic E-state index is 2.00. The molecule has 0 aliphatic carbocycles. The van der Waals surface area contributed by atoms with Crippen molar-refractivity contribution in [2.75, 3.05) is 0 Å². The van der Waals surface area contributed by atoms with Gasteiger partial charge in [-0.05, 0) is 11.0 Å². The van der Waals surface area contributed by atoms with Crippen LogP contribution in [-0.2, 0) is 19.5 Å². The quantitative estimate of drug-likeness (QED) is 0.329. The van der Waals surface area contributed by atoms with E-state index in [9.17, 15) is 0 Å². The third-order valence-corrected chi connectivity index (χ3v) is 0. The summed E-state index contributed by atoms with van der Waals surface area (Å²) >= 11 is 0. The van der Waals surface area contributed by atoms with Crippen LogP contribution in [0.4, 0.5) is 0 Å². The first kappa shape index (κ1) is 17.0. The molecule has 0 unspecified atom stereocenters. The van der Waals surface area contributed by atoms with Crippen LogP contribution in [0.3, 0.4) is 0 Å². The maximum Gasteiger partial charge on any atom is 0 e. The average molecular weight is 140 g/mol. The minimum absolute atomic E-state index is 0. The fourth-order valence-corrected chi connectivity index (χ4v) is 0. The maximum atomic E-state index is 2.00. The minimum atomic E-state index is 0. The zero-order valence-corrected chi connectivity index (χ0v) is 9.25. The van der Waals surface area contributed by atoms with Gasteiger partial charge in [-0.15, -0.1) is 0 Å². The Morgan fingerprint density at radius 2 is 1.20 bits per heavy atom. The van der Waals surface area contributed by atoms with Crippen molar-refractivity contribution in [1.82, 2.24) is 0 Å². The van der Waals surface area contributed by atoms with Gasteiger partial charge in [0.05, 0.1) is 0 Å². The van der Waals surface area contributed by atoms with Gasteiger partial charge in [-0.2, -0.15) is 13.8 Å². The van der Waals surface area contributed by atoms with Gasteiger partial charge >= 0.3 is 0 Å². The van der Waals surface area contributed by atoms with E-state index in [2.05, 4.69) is 0 Å². The molecule has 0 saturated carbocycles. The van der Waals surface area contributed by atoms with Crippen molar-refractivity contribution in [1.29, 1.82) is 0 Å². The number of hydrogen-bond acceptors (Lipinski definition) is 0. The van der Waals surface area contributed by atoms with Crippen molar-refractivity contribution in [3.05, 3.63) is 6.42 Å². The second-order valence-electron chi connectivity index (χ2n) is 0.577. The van der Waals surface area contributed by atoms with E-state index < -0.39 is 0 Å². The second-order valence-corrected chi connectivity index (χ2v) is 0.577. The summed E-state index contributed by atoms with van der Waals surface area (Å²) in [5.41, 5.74) is 0. The van der Waals surface area contributed by atoms with Gasteiger partial charge < -0.3 is 6.42 Å². The summed E-state index contributed by atoms with van der Waals surface area (Å²) in [6.07, 6.45) is 2.00. The van der Waals surface area contributed by atoms with Crippen LogP contribution in [0.15, 0.2) is 0 Å². The van der Waals surface area contributed by atoms with Crippen molar-refractivity contribution >= 4 is 11.0 Å². The second kappa shape index (κ2) is 21.1. The molecule has 2 heteroatoms. The predicted molar refractivity (Wildman–Crippen MR) is 25.6 cm³/mol. The Bertz CT molecular complexity index is 6.85. The van der Waals surface area contributed by atoms with Gasteiger partial charge in [0.2, 0.25) is 0 Å². The summed E-state index contributed by atoms with van der Waals surface area (Å²) in [7, 11) is 0. The molecule has 0 aromatic heterocycles. The van der Waals surface area contributed by atoms with E-state index in [1.54, 1.807) is 0 Å². The fraction of sp³-hybridized carbons (Fsp3) is 0.667. The van der Waals surface area contributed by atoms with Crippen LogP contribution < -0.4 is 0 Å². The van der Waals surface area contributed by atoms with Crippen LogP contribution in [0.2, 0.25) is 0 Å². The van der Waals surface area contributed by atoms with Gasteiger partial charge in [-0.3, -0.25) is 0 Å². The zero-order chi connectivity index (χ0) is 2.71. The van der Waals surface area contributed by atoms with Crippen LogP contribution >= 0.6 is 0 Å². The molecule has 0 fully saturated rings. The summed E-state index contributed by atoms with van der Waals surface area (Å²) in [4.78, 5) is 0. The zero-order valence-electron chi connectivity index (χ0n) is 4.28. The molecule has 0 bridgehead atoms. The monoisotopic (exact) mass is 138 g/mol. The van der Waals surface area contributed by atoms with Crippen LogP contribution in [0.1, 0.15) is 13.8 Å². The first-order chi connectivity index (χ1) is 1.41. The molecule has 1 radical (unpaired) electrons. The third-order valence-electron chi connectivity index (χ3n) is 0. The summed E-state index contributed by atoms with van der Waals surface area (Å²) in [6, 6.07) is 0. The number of hydrogen-bond donors (Lipinski definition) is 0. The first-order valence-electron chi connectivity index (χ1n) is 1.15. The van der Waals surface area contributed by atoms with Gasteiger partial charge in [-0.25, -0.2) is 0 Å². The Morgan fingerprint density at radius 1 is 1.20 bits per heavy atom. The molecule has 0 aliphatic heterocycles. The van der Waals surface area contributed by atoms with Crippen LogP contribution in [-0.4, -0.2) is 11.0 Å². The molecule has 0 atom stereocenters. The van der Waals surface area contributed by atoms with Crippen molar-refractivity contribution in [2.24, 2.45) is 0 Å². The first-order valence-corrected chi connectivity index (χ1v) is 1.15. The van der Waals surface area contributed by atoms with Gasteiger partial charge in [0.25, 0.3) is 0 Å². The topological polar surface area (TPSA) is 0 Å². The molecular weight excluding hydrogens is 130 g/mol. The SMILES string of the molecule is C[CH-]C.[SiH3].[Zn]. The Kier molecular flexibility index (Phi) is 71.5. The molecule has 0 aliphatic rings. The Balaban J connectivity index is -0.0000000200. The fourth-order valence-electron chi connectivity index (χ4n) is 0. The summed E-state index contributed by atoms with van der Waals surface area (Å²) < 4.78 is 0. The molecule has 0 nitrogen and oxygen atoms in total. The van der Waals surface area contributed by atoms with E-state index in [1.165, 1.54) is 0 Å². The van der Waals surface area contributed by atoms with Gasteiger partial charge in [0.1, 0.15) is 0 Å². The van der Waals surface area contributed by atoms with E-state index in [0.29, 0.717) is 0 Å². The van der Waals surface area contributed by atoms with Crippen molar-refractivity contribution in [3.63, 3.8) is 0 Å². The molecule has 0 N–H and O–H groups in total. The molecular formula is C3H10SiZn-. The molecule has 0 rings (SSSR count). The average Bonchev–Trinajstić information content (AvgIpc) is 0.918. The molecule has 29 valence electrons. The standard InChI is InChI=1S/C3H7.H3Si.Zn/c1-3-2;;/h3H,1-2H3;1H3;/q-1;;. The van der Waals surface area contributed by atoms with Crippen molar-refractivity contribution < 1.29 is 19.5 Å². The van der Waals surface area contributed by atoms with E-state index in [4.69, 9.17) is 0 Å². The van der Waals surface area contributed by atoms with Crippen molar-refractivity contribution in [3.8, 4) is 0 Å². The molecule has 0 amide bonds. The molecule has 0 saturated heterocycles. The van der Waals surface area contributed by atoms with E-state index >= 15 is 0 Å². The summed E-state index contributed by atoms with van der Waals surface area (Å²) in [5.74, 6) is 0. The third kappa shape index (κ3) is 55.3. The normalized spacial score (nSPS) is 3.60. The van der Waals surface area contributed by atoms with Crippen LogP contribution in [0.5, 0.6) is 0 Å². The largest absolute Gasteiger partial charge is 0.335 e. The summed E-state index contributed by atoms with van der Waals surface area (Å²) in [5, 5.41) is 0. The molecule has 5 heavy (non-hydrogen) atoms. The molecule has 0 spiro atoms. The molecule has 0 aromatic carbocycles. The van der Waals surface area contributed by atoms with E-state index in [-0.39, 0.29) is 30.4 Å². The Hall–Kier alpha value is 0.840. The predicted octanol–water partition coefficient (Wildman–Crippen LogP) is 0.0441. The van der Waals surface area contributed by atoms with E-state index in [1.807, 2.05) is 20.3 Å². The molecule has 0 heterocycles. The van der Waals surface area contributed by atoms with Gasteiger partial charge in [0.15, 0.2) is 0 Å². The molecule has 0 aromatic rings. The number of rotatable bonds is 0.